The molecule has 1 fully saturated rings. The number of aromatic nitrogens is 6. The van der Waals surface area contributed by atoms with E-state index in [1.165, 1.54) is 6.33 Å². The van der Waals surface area contributed by atoms with Crippen molar-refractivity contribution in [2.24, 2.45) is 7.05 Å². The summed E-state index contributed by atoms with van der Waals surface area (Å²) in [5, 5.41) is 21.6. The Hall–Kier alpha value is -2.48. The number of hydrogen-bond acceptors (Lipinski definition) is 6. The number of aryl methyl sites for hydroxylation is 1. The fraction of sp³-hybridized carbons (Fsp3) is 0.467. The number of nitrogens with zero attached hydrogens (tertiary/aromatic N) is 6. The number of anilines is 2. The molecule has 2 N–H and O–H groups in total. The molecule has 3 heterocycles. The van der Waals surface area contributed by atoms with Gasteiger partial charge in [0.05, 0.1) is 29.9 Å². The third-order valence-corrected chi connectivity index (χ3v) is 4.31. The van der Waals surface area contributed by atoms with Crippen LogP contribution in [-0.4, -0.2) is 40.6 Å². The molecule has 23 heavy (non-hydrogen) atoms. The van der Waals surface area contributed by atoms with Gasteiger partial charge < -0.3 is 10.4 Å². The first-order valence-corrected chi connectivity index (χ1v) is 7.83. The first kappa shape index (κ1) is 14.1. The number of aliphatic hydroxyl groups excluding tert-OH is 1. The van der Waals surface area contributed by atoms with Crippen LogP contribution in [0.1, 0.15) is 37.3 Å². The molecule has 8 nitrogen and oxygen atoms in total. The van der Waals surface area contributed by atoms with Crippen molar-refractivity contribution >= 4 is 17.2 Å². The molecule has 2 atom stereocenters. The van der Waals surface area contributed by atoms with Crippen molar-refractivity contribution in [1.82, 2.24) is 29.4 Å². The van der Waals surface area contributed by atoms with Crippen LogP contribution in [0, 0.1) is 0 Å². The van der Waals surface area contributed by atoms with Gasteiger partial charge in [-0.25, -0.2) is 14.5 Å². The fourth-order valence-electron chi connectivity index (χ4n) is 3.18. The van der Waals surface area contributed by atoms with Crippen molar-refractivity contribution < 1.29 is 5.11 Å². The normalized spacial score (nSPS) is 21.7. The third kappa shape index (κ3) is 2.77. The standard InChI is InChI=1S/C15H19N7O/c1-21-7-11(6-17-21)19-14-15-16-9-18-22(15)8-13(20-14)10-3-2-4-12(23)5-10/h6-10,12,23H,2-5H2,1H3,(H,19,20)/t10-,12-/m1/s1. The summed E-state index contributed by atoms with van der Waals surface area (Å²) in [6.45, 7) is 0. The lowest BCUT2D eigenvalue weighted by Crippen LogP contribution is -2.19. The maximum absolute atomic E-state index is 9.93. The highest BCUT2D eigenvalue weighted by molar-refractivity contribution is 5.68. The van der Waals surface area contributed by atoms with Gasteiger partial charge in [-0.15, -0.1) is 0 Å². The Bertz CT molecular complexity index is 824. The molecule has 8 heteroatoms. The SMILES string of the molecule is Cn1cc(Nc2nc([C@@H]3CCC[C@@H](O)C3)cn3ncnc23)cn1. The van der Waals surface area contributed by atoms with Crippen molar-refractivity contribution in [3.63, 3.8) is 0 Å². The zero-order valence-electron chi connectivity index (χ0n) is 12.9. The van der Waals surface area contributed by atoms with E-state index in [0.717, 1.165) is 37.1 Å². The van der Waals surface area contributed by atoms with Crippen LogP contribution in [0.2, 0.25) is 0 Å². The first-order chi connectivity index (χ1) is 11.2. The molecule has 0 radical (unpaired) electrons. The Morgan fingerprint density at radius 2 is 2.17 bits per heavy atom. The van der Waals surface area contributed by atoms with E-state index in [9.17, 15) is 5.11 Å². The quantitative estimate of drug-likeness (QED) is 0.763. The van der Waals surface area contributed by atoms with Gasteiger partial charge in [0, 0.05) is 19.2 Å². The molecular weight excluding hydrogens is 294 g/mol. The van der Waals surface area contributed by atoms with E-state index in [0.29, 0.717) is 11.5 Å². The summed E-state index contributed by atoms with van der Waals surface area (Å²) in [7, 11) is 1.87. The lowest BCUT2D eigenvalue weighted by atomic mass is 9.85. The Morgan fingerprint density at radius 3 is 2.96 bits per heavy atom. The van der Waals surface area contributed by atoms with E-state index in [4.69, 9.17) is 4.98 Å². The van der Waals surface area contributed by atoms with Gasteiger partial charge in [0.2, 0.25) is 0 Å². The first-order valence-electron chi connectivity index (χ1n) is 7.83. The number of hydrogen-bond donors (Lipinski definition) is 2. The summed E-state index contributed by atoms with van der Waals surface area (Å²) in [5.74, 6) is 0.912. The van der Waals surface area contributed by atoms with Gasteiger partial charge in [0.25, 0.3) is 0 Å². The maximum atomic E-state index is 9.93. The second-order valence-corrected chi connectivity index (χ2v) is 6.09. The lowest BCUT2D eigenvalue weighted by molar-refractivity contribution is 0.118. The molecule has 1 aliphatic rings. The van der Waals surface area contributed by atoms with Crippen LogP contribution in [0.4, 0.5) is 11.5 Å². The van der Waals surface area contributed by atoms with Gasteiger partial charge in [0.15, 0.2) is 11.5 Å². The molecule has 0 unspecified atom stereocenters. The van der Waals surface area contributed by atoms with Crippen molar-refractivity contribution in [3.8, 4) is 0 Å². The Labute approximate surface area is 133 Å². The maximum Gasteiger partial charge on any atom is 0.198 e. The van der Waals surface area contributed by atoms with Crippen molar-refractivity contribution in [3.05, 3.63) is 30.6 Å². The topological polar surface area (TPSA) is 93.2 Å². The minimum Gasteiger partial charge on any atom is -0.393 e. The molecule has 0 amide bonds. The van der Waals surface area contributed by atoms with Gasteiger partial charge in [-0.3, -0.25) is 4.68 Å². The molecule has 0 saturated heterocycles. The zero-order valence-corrected chi connectivity index (χ0v) is 12.9. The largest absolute Gasteiger partial charge is 0.393 e. The van der Waals surface area contributed by atoms with E-state index >= 15 is 0 Å². The van der Waals surface area contributed by atoms with Crippen molar-refractivity contribution in [2.45, 2.75) is 37.7 Å². The van der Waals surface area contributed by atoms with Crippen LogP contribution in [0.25, 0.3) is 5.65 Å². The minimum atomic E-state index is -0.239. The Kier molecular flexibility index (Phi) is 3.45. The second-order valence-electron chi connectivity index (χ2n) is 6.09. The highest BCUT2D eigenvalue weighted by atomic mass is 16.3. The van der Waals surface area contributed by atoms with E-state index in [1.807, 2.05) is 19.4 Å². The smallest absolute Gasteiger partial charge is 0.198 e. The van der Waals surface area contributed by atoms with Crippen LogP contribution in [0.15, 0.2) is 24.9 Å². The summed E-state index contributed by atoms with van der Waals surface area (Å²) < 4.78 is 3.46. The highest BCUT2D eigenvalue weighted by Gasteiger charge is 2.24. The molecule has 0 aliphatic heterocycles. The lowest BCUT2D eigenvalue weighted by Gasteiger charge is -2.25. The van der Waals surface area contributed by atoms with Gasteiger partial charge in [-0.1, -0.05) is 6.42 Å². The number of fused-ring (bicyclic) bond motifs is 1. The van der Waals surface area contributed by atoms with Gasteiger partial charge in [0.1, 0.15) is 6.33 Å². The van der Waals surface area contributed by atoms with Gasteiger partial charge in [-0.2, -0.15) is 10.2 Å². The highest BCUT2D eigenvalue weighted by Crippen LogP contribution is 2.33. The van der Waals surface area contributed by atoms with E-state index in [1.54, 1.807) is 15.4 Å². The van der Waals surface area contributed by atoms with E-state index in [2.05, 4.69) is 20.5 Å². The monoisotopic (exact) mass is 313 g/mol. The zero-order chi connectivity index (χ0) is 15.8. The average molecular weight is 313 g/mol. The molecular formula is C15H19N7O. The van der Waals surface area contributed by atoms with Crippen LogP contribution >= 0.6 is 0 Å². The van der Waals surface area contributed by atoms with Crippen LogP contribution < -0.4 is 5.32 Å². The van der Waals surface area contributed by atoms with Crippen molar-refractivity contribution in [1.29, 1.82) is 0 Å². The summed E-state index contributed by atoms with van der Waals surface area (Å²) in [6.07, 6.45) is 10.5. The molecule has 3 aromatic rings. The molecule has 0 aromatic carbocycles. The summed E-state index contributed by atoms with van der Waals surface area (Å²) >= 11 is 0. The Balaban J connectivity index is 1.72. The molecule has 1 aliphatic carbocycles. The van der Waals surface area contributed by atoms with E-state index < -0.39 is 0 Å². The van der Waals surface area contributed by atoms with Gasteiger partial charge >= 0.3 is 0 Å². The third-order valence-electron chi connectivity index (χ3n) is 4.31. The number of nitrogens with one attached hydrogen (secondary N) is 1. The Morgan fingerprint density at radius 1 is 1.26 bits per heavy atom. The number of aliphatic hydroxyl groups is 1. The minimum absolute atomic E-state index is 0.239. The predicted octanol–water partition coefficient (Wildman–Crippen LogP) is 1.62. The average Bonchev–Trinajstić information content (AvgIpc) is 3.16. The summed E-state index contributed by atoms with van der Waals surface area (Å²) in [6, 6.07) is 0. The van der Waals surface area contributed by atoms with E-state index in [-0.39, 0.29) is 12.0 Å². The molecule has 120 valence electrons. The fourth-order valence-corrected chi connectivity index (χ4v) is 3.18. The van der Waals surface area contributed by atoms with Crippen LogP contribution in [0.3, 0.4) is 0 Å². The molecule has 3 aromatic heterocycles. The molecule has 0 spiro atoms. The van der Waals surface area contributed by atoms with Crippen LogP contribution in [-0.2, 0) is 7.05 Å². The summed E-state index contributed by atoms with van der Waals surface area (Å²) in [5.41, 5.74) is 2.47. The molecule has 1 saturated carbocycles. The molecule has 4 rings (SSSR count). The second kappa shape index (κ2) is 5.62. The van der Waals surface area contributed by atoms with Crippen molar-refractivity contribution in [2.75, 3.05) is 5.32 Å². The molecule has 0 bridgehead atoms. The van der Waals surface area contributed by atoms with Gasteiger partial charge in [-0.05, 0) is 19.3 Å². The van der Waals surface area contributed by atoms with Crippen LogP contribution in [0.5, 0.6) is 0 Å². The summed E-state index contributed by atoms with van der Waals surface area (Å²) in [4.78, 5) is 9.03. The predicted molar refractivity (Wildman–Crippen MR) is 84.5 cm³/mol. The number of rotatable bonds is 3.